The number of aryl methyl sites for hydroxylation is 1. The van der Waals surface area contributed by atoms with E-state index in [2.05, 4.69) is 41.3 Å². The summed E-state index contributed by atoms with van der Waals surface area (Å²) in [6.07, 6.45) is 1.71. The molecule has 0 atom stereocenters. The number of phenolic OH excluding ortho intramolecular Hbond substituents is 1. The second-order valence-electron chi connectivity index (χ2n) is 6.27. The van der Waals surface area contributed by atoms with E-state index in [9.17, 15) is 5.11 Å². The molecule has 0 spiro atoms. The highest BCUT2D eigenvalue weighted by atomic mass is 32.1. The number of aromatic nitrogens is 1. The number of nitrogens with zero attached hydrogens (tertiary/aromatic N) is 3. The zero-order valence-corrected chi connectivity index (χ0v) is 15.9. The lowest BCUT2D eigenvalue weighted by molar-refractivity contribution is 0.475. The van der Waals surface area contributed by atoms with Crippen LogP contribution in [0.15, 0.2) is 76.1 Å². The standard InChI is InChI=1S/C22H19N3OS/c1-15-7-9-17(10-8-15)20-14-27-22(23-2)25(20)24-13-19-18-6-4-3-5-16(18)11-12-21(19)26/h3-14,26H,1-2H3. The number of aromatic hydroxyl groups is 1. The Morgan fingerprint density at radius 2 is 1.78 bits per heavy atom. The van der Waals surface area contributed by atoms with E-state index in [0.717, 1.165) is 26.8 Å². The zero-order valence-electron chi connectivity index (χ0n) is 15.1. The minimum Gasteiger partial charge on any atom is -0.507 e. The molecule has 1 N–H and O–H groups in total. The molecule has 134 valence electrons. The van der Waals surface area contributed by atoms with Crippen LogP contribution in [-0.4, -0.2) is 23.0 Å². The average Bonchev–Trinajstić information content (AvgIpc) is 3.10. The Bertz CT molecular complexity index is 1200. The van der Waals surface area contributed by atoms with Crippen molar-refractivity contribution in [2.24, 2.45) is 10.1 Å². The summed E-state index contributed by atoms with van der Waals surface area (Å²) in [4.78, 5) is 5.13. The van der Waals surface area contributed by atoms with Gasteiger partial charge in [-0.1, -0.05) is 60.2 Å². The Morgan fingerprint density at radius 1 is 1.00 bits per heavy atom. The molecule has 4 nitrogen and oxygen atoms in total. The van der Waals surface area contributed by atoms with Gasteiger partial charge in [0.05, 0.1) is 11.9 Å². The molecule has 4 aromatic rings. The van der Waals surface area contributed by atoms with Gasteiger partial charge < -0.3 is 5.11 Å². The lowest BCUT2D eigenvalue weighted by Crippen LogP contribution is -2.11. The molecule has 0 radical (unpaired) electrons. The van der Waals surface area contributed by atoms with Crippen LogP contribution in [0.25, 0.3) is 22.0 Å². The predicted octanol–water partition coefficient (Wildman–Crippen LogP) is 4.80. The van der Waals surface area contributed by atoms with E-state index in [4.69, 9.17) is 0 Å². The highest BCUT2D eigenvalue weighted by molar-refractivity contribution is 7.07. The minimum absolute atomic E-state index is 0.208. The van der Waals surface area contributed by atoms with E-state index in [1.807, 2.05) is 40.4 Å². The van der Waals surface area contributed by atoms with Crippen molar-refractivity contribution in [3.63, 3.8) is 0 Å². The van der Waals surface area contributed by atoms with E-state index in [0.29, 0.717) is 5.56 Å². The maximum absolute atomic E-state index is 10.4. The Hall–Kier alpha value is -3.18. The topological polar surface area (TPSA) is 49.9 Å². The Kier molecular flexibility index (Phi) is 4.60. The molecular weight excluding hydrogens is 354 g/mol. The Morgan fingerprint density at radius 3 is 2.56 bits per heavy atom. The van der Waals surface area contributed by atoms with Crippen LogP contribution < -0.4 is 4.80 Å². The molecule has 1 aromatic heterocycles. The van der Waals surface area contributed by atoms with Crippen molar-refractivity contribution in [2.75, 3.05) is 7.05 Å². The van der Waals surface area contributed by atoms with Gasteiger partial charge >= 0.3 is 0 Å². The van der Waals surface area contributed by atoms with Gasteiger partial charge in [0, 0.05) is 23.6 Å². The van der Waals surface area contributed by atoms with Gasteiger partial charge in [0.2, 0.25) is 4.80 Å². The van der Waals surface area contributed by atoms with Crippen molar-refractivity contribution in [2.45, 2.75) is 6.92 Å². The predicted molar refractivity (Wildman–Crippen MR) is 113 cm³/mol. The first kappa shape index (κ1) is 17.2. The van der Waals surface area contributed by atoms with Crippen LogP contribution in [0.2, 0.25) is 0 Å². The van der Waals surface area contributed by atoms with Crippen molar-refractivity contribution in [3.05, 3.63) is 82.0 Å². The summed E-state index contributed by atoms with van der Waals surface area (Å²) < 4.78 is 1.82. The van der Waals surface area contributed by atoms with E-state index in [-0.39, 0.29) is 5.75 Å². The zero-order chi connectivity index (χ0) is 18.8. The van der Waals surface area contributed by atoms with Crippen LogP contribution in [0.4, 0.5) is 0 Å². The van der Waals surface area contributed by atoms with Gasteiger partial charge in [0.25, 0.3) is 0 Å². The third-order valence-corrected chi connectivity index (χ3v) is 5.38. The number of hydrogen-bond acceptors (Lipinski definition) is 4. The summed E-state index contributed by atoms with van der Waals surface area (Å²) in [5.74, 6) is 0.208. The summed E-state index contributed by atoms with van der Waals surface area (Å²) in [5.41, 5.74) is 3.96. The summed E-state index contributed by atoms with van der Waals surface area (Å²) in [6.45, 7) is 2.07. The molecule has 5 heteroatoms. The molecule has 0 fully saturated rings. The summed E-state index contributed by atoms with van der Waals surface area (Å²) in [6, 6.07) is 19.9. The molecule has 3 aromatic carbocycles. The first-order valence-electron chi connectivity index (χ1n) is 8.63. The van der Waals surface area contributed by atoms with Crippen LogP contribution in [0, 0.1) is 6.92 Å². The normalized spacial score (nSPS) is 12.3. The third kappa shape index (κ3) is 3.29. The van der Waals surface area contributed by atoms with E-state index in [1.165, 1.54) is 16.9 Å². The highest BCUT2D eigenvalue weighted by Crippen LogP contribution is 2.26. The number of hydrogen-bond donors (Lipinski definition) is 1. The minimum atomic E-state index is 0.208. The summed E-state index contributed by atoms with van der Waals surface area (Å²) in [7, 11) is 1.76. The number of benzene rings is 3. The van der Waals surface area contributed by atoms with Crippen LogP contribution in [0.5, 0.6) is 5.75 Å². The fraction of sp³-hybridized carbons (Fsp3) is 0.0909. The fourth-order valence-electron chi connectivity index (χ4n) is 3.02. The SMILES string of the molecule is CN=c1scc(-c2ccc(C)cc2)n1N=Cc1c(O)ccc2ccccc12. The molecule has 1 heterocycles. The molecular formula is C22H19N3OS. The van der Waals surface area contributed by atoms with Gasteiger partial charge in [-0.25, -0.2) is 4.68 Å². The van der Waals surface area contributed by atoms with Crippen molar-refractivity contribution >= 4 is 28.3 Å². The van der Waals surface area contributed by atoms with Crippen LogP contribution >= 0.6 is 11.3 Å². The lowest BCUT2D eigenvalue weighted by Gasteiger charge is -2.06. The first-order valence-corrected chi connectivity index (χ1v) is 9.51. The van der Waals surface area contributed by atoms with Crippen LogP contribution in [-0.2, 0) is 0 Å². The largest absolute Gasteiger partial charge is 0.507 e. The van der Waals surface area contributed by atoms with Gasteiger partial charge in [0.15, 0.2) is 0 Å². The van der Waals surface area contributed by atoms with Gasteiger partial charge in [-0.2, -0.15) is 5.10 Å². The molecule has 0 aliphatic heterocycles. The quantitative estimate of drug-likeness (QED) is 0.516. The number of fused-ring (bicyclic) bond motifs is 1. The molecule has 0 bridgehead atoms. The molecule has 0 amide bonds. The van der Waals surface area contributed by atoms with E-state index < -0.39 is 0 Å². The molecule has 0 saturated heterocycles. The Balaban J connectivity index is 1.85. The van der Waals surface area contributed by atoms with Crippen molar-refractivity contribution in [3.8, 4) is 17.0 Å². The fourth-order valence-corrected chi connectivity index (χ4v) is 3.82. The van der Waals surface area contributed by atoms with Crippen molar-refractivity contribution < 1.29 is 5.11 Å². The van der Waals surface area contributed by atoms with Crippen LogP contribution in [0.3, 0.4) is 0 Å². The van der Waals surface area contributed by atoms with Crippen molar-refractivity contribution in [1.29, 1.82) is 0 Å². The lowest BCUT2D eigenvalue weighted by atomic mass is 10.0. The molecule has 0 saturated carbocycles. The van der Waals surface area contributed by atoms with Crippen molar-refractivity contribution in [1.82, 2.24) is 4.68 Å². The molecule has 0 aliphatic rings. The maximum atomic E-state index is 10.4. The maximum Gasteiger partial charge on any atom is 0.205 e. The molecule has 0 unspecified atom stereocenters. The second kappa shape index (κ2) is 7.21. The van der Waals surface area contributed by atoms with E-state index in [1.54, 1.807) is 19.3 Å². The average molecular weight is 373 g/mol. The summed E-state index contributed by atoms with van der Waals surface area (Å²) >= 11 is 1.54. The summed E-state index contributed by atoms with van der Waals surface area (Å²) in [5, 5.41) is 19.1. The third-order valence-electron chi connectivity index (χ3n) is 4.47. The van der Waals surface area contributed by atoms with Gasteiger partial charge in [-0.3, -0.25) is 4.99 Å². The van der Waals surface area contributed by atoms with Crippen LogP contribution in [0.1, 0.15) is 11.1 Å². The molecule has 4 rings (SSSR count). The number of rotatable bonds is 3. The first-order chi connectivity index (χ1) is 13.2. The smallest absolute Gasteiger partial charge is 0.205 e. The van der Waals surface area contributed by atoms with E-state index >= 15 is 0 Å². The molecule has 27 heavy (non-hydrogen) atoms. The Labute approximate surface area is 161 Å². The monoisotopic (exact) mass is 373 g/mol. The number of phenols is 1. The second-order valence-corrected chi connectivity index (χ2v) is 7.11. The van der Waals surface area contributed by atoms with Gasteiger partial charge in [-0.05, 0) is 23.8 Å². The number of thiazole rings is 1. The molecule has 0 aliphatic carbocycles. The highest BCUT2D eigenvalue weighted by Gasteiger charge is 2.08. The van der Waals surface area contributed by atoms with Gasteiger partial charge in [-0.15, -0.1) is 11.3 Å². The van der Waals surface area contributed by atoms with Gasteiger partial charge in [0.1, 0.15) is 5.75 Å².